The van der Waals surface area contributed by atoms with Crippen molar-refractivity contribution in [2.24, 2.45) is 0 Å². The Labute approximate surface area is 101 Å². The van der Waals surface area contributed by atoms with Gasteiger partial charge in [0.05, 0.1) is 10.8 Å². The highest BCUT2D eigenvalue weighted by atomic mass is 32.2. The zero-order chi connectivity index (χ0) is 12.4. The normalized spacial score (nSPS) is 19.2. The molecule has 1 atom stereocenters. The summed E-state index contributed by atoms with van der Waals surface area (Å²) in [6, 6.07) is 6.42. The fourth-order valence-electron chi connectivity index (χ4n) is 1.52. The smallest absolute Gasteiger partial charge is 0.336 e. The van der Waals surface area contributed by atoms with Crippen LogP contribution in [0.1, 0.15) is 16.8 Å². The molecule has 1 saturated heterocycles. The van der Waals surface area contributed by atoms with Gasteiger partial charge in [-0.2, -0.15) is 0 Å². The molecule has 17 heavy (non-hydrogen) atoms. The van der Waals surface area contributed by atoms with Crippen LogP contribution >= 0.6 is 11.8 Å². The number of carbonyl (C=O) groups excluding carboxylic acids is 2. The molecule has 2 rings (SSSR count). The highest BCUT2D eigenvalue weighted by Gasteiger charge is 2.32. The van der Waals surface area contributed by atoms with E-state index in [1.807, 2.05) is 0 Å². The van der Waals surface area contributed by atoms with Gasteiger partial charge in [-0.25, -0.2) is 4.79 Å². The Morgan fingerprint density at radius 3 is 2.65 bits per heavy atom. The van der Waals surface area contributed by atoms with Gasteiger partial charge in [0.1, 0.15) is 0 Å². The predicted molar refractivity (Wildman–Crippen MR) is 60.8 cm³/mol. The van der Waals surface area contributed by atoms with Crippen molar-refractivity contribution in [1.82, 2.24) is 5.32 Å². The summed E-state index contributed by atoms with van der Waals surface area (Å²) in [5, 5.41) is 10.6. The van der Waals surface area contributed by atoms with Crippen molar-refractivity contribution in [2.75, 3.05) is 0 Å². The number of imide groups is 1. The Morgan fingerprint density at radius 2 is 2.06 bits per heavy atom. The van der Waals surface area contributed by atoms with E-state index < -0.39 is 11.2 Å². The third kappa shape index (κ3) is 2.47. The van der Waals surface area contributed by atoms with E-state index in [1.165, 1.54) is 6.07 Å². The van der Waals surface area contributed by atoms with Gasteiger partial charge >= 0.3 is 5.97 Å². The van der Waals surface area contributed by atoms with Gasteiger partial charge in [0.25, 0.3) is 0 Å². The number of rotatable bonds is 3. The molecular formula is C11H9NO4S. The maximum atomic E-state index is 11.4. The van der Waals surface area contributed by atoms with E-state index in [4.69, 9.17) is 5.11 Å². The number of carboxylic acids is 1. The summed E-state index contributed by atoms with van der Waals surface area (Å²) in [5.41, 5.74) is 0.143. The van der Waals surface area contributed by atoms with Crippen molar-refractivity contribution in [3.05, 3.63) is 29.8 Å². The van der Waals surface area contributed by atoms with E-state index in [1.54, 1.807) is 18.2 Å². The molecule has 0 unspecified atom stereocenters. The molecule has 0 spiro atoms. The molecule has 2 amide bonds. The summed E-state index contributed by atoms with van der Waals surface area (Å²) >= 11 is 1.10. The highest BCUT2D eigenvalue weighted by Crippen LogP contribution is 2.30. The Hall–Kier alpha value is -1.82. The van der Waals surface area contributed by atoms with Crippen molar-refractivity contribution in [3.63, 3.8) is 0 Å². The zero-order valence-electron chi connectivity index (χ0n) is 8.67. The molecule has 0 radical (unpaired) electrons. The van der Waals surface area contributed by atoms with Crippen LogP contribution in [0.5, 0.6) is 0 Å². The van der Waals surface area contributed by atoms with Crippen LogP contribution in [-0.4, -0.2) is 28.1 Å². The number of amides is 2. The van der Waals surface area contributed by atoms with E-state index in [9.17, 15) is 14.4 Å². The first-order valence-electron chi connectivity index (χ1n) is 4.90. The van der Waals surface area contributed by atoms with Crippen LogP contribution in [0, 0.1) is 0 Å². The van der Waals surface area contributed by atoms with Gasteiger partial charge in [0.15, 0.2) is 0 Å². The summed E-state index contributed by atoms with van der Waals surface area (Å²) in [6.45, 7) is 0. The molecule has 1 aromatic rings. The maximum absolute atomic E-state index is 11.4. The SMILES string of the molecule is O=C1C[C@@H](Sc2ccccc2C(=O)O)C(=O)N1. The number of carbonyl (C=O) groups is 3. The first kappa shape index (κ1) is 11.7. The van der Waals surface area contributed by atoms with Crippen LogP contribution in [-0.2, 0) is 9.59 Å². The topological polar surface area (TPSA) is 83.5 Å². The molecule has 1 aliphatic rings. The molecule has 5 nitrogen and oxygen atoms in total. The van der Waals surface area contributed by atoms with Crippen molar-refractivity contribution in [2.45, 2.75) is 16.6 Å². The van der Waals surface area contributed by atoms with Crippen molar-refractivity contribution < 1.29 is 19.5 Å². The van der Waals surface area contributed by atoms with Crippen LogP contribution < -0.4 is 5.32 Å². The number of hydrogen-bond acceptors (Lipinski definition) is 4. The largest absolute Gasteiger partial charge is 0.478 e. The van der Waals surface area contributed by atoms with Crippen LogP contribution in [0.4, 0.5) is 0 Å². The molecule has 0 bridgehead atoms. The Kier molecular flexibility index (Phi) is 3.14. The quantitative estimate of drug-likeness (QED) is 0.779. The number of carboxylic acid groups (broad SMARTS) is 1. The fraction of sp³-hybridized carbons (Fsp3) is 0.182. The van der Waals surface area contributed by atoms with Gasteiger partial charge in [0, 0.05) is 11.3 Å². The first-order chi connectivity index (χ1) is 8.08. The highest BCUT2D eigenvalue weighted by molar-refractivity contribution is 8.00. The molecule has 1 aromatic carbocycles. The minimum Gasteiger partial charge on any atom is -0.478 e. The lowest BCUT2D eigenvalue weighted by atomic mass is 10.2. The second-order valence-corrected chi connectivity index (χ2v) is 4.77. The number of hydrogen-bond donors (Lipinski definition) is 2. The molecular weight excluding hydrogens is 242 g/mol. The lowest BCUT2D eigenvalue weighted by Gasteiger charge is -2.08. The summed E-state index contributed by atoms with van der Waals surface area (Å²) in [5.74, 6) is -1.72. The summed E-state index contributed by atoms with van der Waals surface area (Å²) in [6.07, 6.45) is 0.0947. The van der Waals surface area contributed by atoms with Gasteiger partial charge in [0.2, 0.25) is 11.8 Å². The average molecular weight is 251 g/mol. The zero-order valence-corrected chi connectivity index (χ0v) is 9.49. The average Bonchev–Trinajstić information content (AvgIpc) is 2.58. The molecule has 1 fully saturated rings. The number of thioether (sulfide) groups is 1. The molecule has 0 aromatic heterocycles. The minimum absolute atomic E-state index is 0.0947. The maximum Gasteiger partial charge on any atom is 0.336 e. The predicted octanol–water partition coefficient (Wildman–Crippen LogP) is 0.892. The second-order valence-electron chi connectivity index (χ2n) is 3.52. The van der Waals surface area contributed by atoms with Crippen LogP contribution in [0.3, 0.4) is 0 Å². The van der Waals surface area contributed by atoms with Gasteiger partial charge < -0.3 is 5.11 Å². The molecule has 2 N–H and O–H groups in total. The summed E-state index contributed by atoms with van der Waals surface area (Å²) < 4.78 is 0. The summed E-state index contributed by atoms with van der Waals surface area (Å²) in [4.78, 5) is 33.8. The van der Waals surface area contributed by atoms with E-state index >= 15 is 0 Å². The van der Waals surface area contributed by atoms with E-state index in [-0.39, 0.29) is 23.8 Å². The number of aromatic carboxylic acids is 1. The van der Waals surface area contributed by atoms with E-state index in [0.29, 0.717) is 4.90 Å². The molecule has 0 aliphatic carbocycles. The molecule has 1 heterocycles. The second kappa shape index (κ2) is 4.58. The first-order valence-corrected chi connectivity index (χ1v) is 5.78. The summed E-state index contributed by atoms with van der Waals surface area (Å²) in [7, 11) is 0. The number of nitrogens with one attached hydrogen (secondary N) is 1. The van der Waals surface area contributed by atoms with Crippen molar-refractivity contribution >= 4 is 29.5 Å². The van der Waals surface area contributed by atoms with Gasteiger partial charge in [-0.05, 0) is 12.1 Å². The van der Waals surface area contributed by atoms with E-state index in [0.717, 1.165) is 11.8 Å². The van der Waals surface area contributed by atoms with Crippen molar-refractivity contribution in [3.8, 4) is 0 Å². The lowest BCUT2D eigenvalue weighted by Crippen LogP contribution is -2.23. The van der Waals surface area contributed by atoms with Gasteiger partial charge in [-0.1, -0.05) is 12.1 Å². The van der Waals surface area contributed by atoms with Crippen LogP contribution in [0.15, 0.2) is 29.2 Å². The monoisotopic (exact) mass is 251 g/mol. The Morgan fingerprint density at radius 1 is 1.35 bits per heavy atom. The lowest BCUT2D eigenvalue weighted by molar-refractivity contribution is -0.124. The van der Waals surface area contributed by atoms with E-state index in [2.05, 4.69) is 5.32 Å². The molecule has 0 saturated carbocycles. The molecule has 6 heteroatoms. The Bertz CT molecular complexity index is 500. The van der Waals surface area contributed by atoms with Crippen LogP contribution in [0.2, 0.25) is 0 Å². The third-order valence-electron chi connectivity index (χ3n) is 2.31. The molecule has 1 aliphatic heterocycles. The van der Waals surface area contributed by atoms with Crippen molar-refractivity contribution in [1.29, 1.82) is 0 Å². The Balaban J connectivity index is 2.22. The molecule has 88 valence electrons. The standard InChI is InChI=1S/C11H9NO4S/c13-9-5-8(10(14)12-9)17-7-4-2-1-3-6(7)11(15)16/h1-4,8H,5H2,(H,15,16)(H,12,13,14)/t8-/m1/s1. The number of benzene rings is 1. The van der Waals surface area contributed by atoms with Crippen LogP contribution in [0.25, 0.3) is 0 Å². The van der Waals surface area contributed by atoms with Gasteiger partial charge in [-0.15, -0.1) is 11.8 Å². The van der Waals surface area contributed by atoms with Gasteiger partial charge in [-0.3, -0.25) is 14.9 Å². The third-order valence-corrected chi connectivity index (χ3v) is 3.59. The minimum atomic E-state index is -1.04. The fourth-order valence-corrected chi connectivity index (χ4v) is 2.67.